The molecule has 0 saturated heterocycles. The molecule has 8 rings (SSSR count). The smallest absolute Gasteiger partial charge is 0.380 e. The predicted octanol–water partition coefficient (Wildman–Crippen LogP) is 21.2. The minimum Gasteiger partial charge on any atom is -0.454 e. The van der Waals surface area contributed by atoms with E-state index in [0.717, 1.165) is 55.6 Å². The van der Waals surface area contributed by atoms with Gasteiger partial charge in [-0.2, -0.15) is 0 Å². The molecule has 0 heterocycles. The molecule has 8 aromatic rings. The molecule has 8 aromatic carbocycles. The van der Waals surface area contributed by atoms with Gasteiger partial charge in [-0.25, -0.2) is 19.2 Å². The highest BCUT2D eigenvalue weighted by atomic mass is 16.6. The van der Waals surface area contributed by atoms with Crippen LogP contribution in [0.5, 0.6) is 11.5 Å². The summed E-state index contributed by atoms with van der Waals surface area (Å²) in [4.78, 5) is 104. The molecule has 107 heavy (non-hydrogen) atoms. The number of carbonyl (C=O) groups is 8. The lowest BCUT2D eigenvalue weighted by Gasteiger charge is -2.42. The fourth-order valence-corrected chi connectivity index (χ4v) is 14.3. The van der Waals surface area contributed by atoms with Crippen molar-refractivity contribution in [1.82, 2.24) is 0 Å². The fraction of sp³-hybridized carbons (Fsp3) is 0.411. The summed E-state index contributed by atoms with van der Waals surface area (Å²) in [5.74, 6) is -3.84. The number of para-hydroxylation sites is 1. The van der Waals surface area contributed by atoms with E-state index in [1.807, 2.05) is 254 Å². The maximum absolute atomic E-state index is 13.8. The first-order valence-corrected chi connectivity index (χ1v) is 37.3. The van der Waals surface area contributed by atoms with E-state index in [4.69, 9.17) is 18.9 Å². The average Bonchev–Trinajstić information content (AvgIpc) is 0.739. The summed E-state index contributed by atoms with van der Waals surface area (Å²) < 4.78 is 22.2. The van der Waals surface area contributed by atoms with Gasteiger partial charge in [0.15, 0.2) is 0 Å². The Morgan fingerprint density at radius 1 is 0.308 bits per heavy atom. The van der Waals surface area contributed by atoms with Crippen LogP contribution in [-0.2, 0) is 74.9 Å². The number of hydrogen-bond donors (Lipinski definition) is 0. The van der Waals surface area contributed by atoms with Crippen LogP contribution in [-0.4, -0.2) is 58.2 Å². The zero-order valence-electron chi connectivity index (χ0n) is 68.5. The third kappa shape index (κ3) is 21.4. The Labute approximate surface area is 639 Å². The number of Topliss-reactive ketones (excluding diaryl/α,β-unsaturated/α-hetero) is 4. The summed E-state index contributed by atoms with van der Waals surface area (Å²) in [6.07, 6.45) is 0. The summed E-state index contributed by atoms with van der Waals surface area (Å²) in [5.41, 5.74) is 4.10. The van der Waals surface area contributed by atoms with Gasteiger partial charge < -0.3 is 18.9 Å². The monoisotopic (exact) mass is 1450 g/mol. The van der Waals surface area contributed by atoms with E-state index in [1.54, 1.807) is 62.3 Å². The third-order valence-corrected chi connectivity index (χ3v) is 19.7. The highest BCUT2D eigenvalue weighted by Crippen LogP contribution is 2.46. The quantitative estimate of drug-likeness (QED) is 0.0289. The van der Waals surface area contributed by atoms with Crippen LogP contribution in [0.25, 0.3) is 0 Å². The van der Waals surface area contributed by atoms with Crippen molar-refractivity contribution in [2.24, 2.45) is 23.2 Å². The van der Waals surface area contributed by atoms with E-state index in [-0.39, 0.29) is 40.4 Å². The summed E-state index contributed by atoms with van der Waals surface area (Å²) in [7, 11) is 0. The lowest BCUT2D eigenvalue weighted by atomic mass is 9.59. The number of hydrogen-bond acceptors (Lipinski definition) is 12. The zero-order valence-corrected chi connectivity index (χ0v) is 68.5. The number of esters is 4. The predicted molar refractivity (Wildman–Crippen MR) is 431 cm³/mol. The Morgan fingerprint density at radius 2 is 0.598 bits per heavy atom. The SMILES string of the molecule is CC(C)(C)OC(=O)C(=O)C(C)(c1ccccc1)c1ccccc1.CC(C)(C)OC(=O)C(=O)C(c1ccccc1)(c1ccccc1)c1ccccc1.CC(C)c1cccc(C(C)C)c1OC(=O)C(=O)C(C(C)C)(C(C)C)C(C)C.Cc1c(C(C)(C)C)cc(OC(=O)C(=O)C(C)(C)c2ccccc2)cc1C(C)(C)C. The largest absolute Gasteiger partial charge is 0.454 e. The Balaban J connectivity index is 0.000000257. The molecule has 0 bridgehead atoms. The first-order chi connectivity index (χ1) is 49.6. The van der Waals surface area contributed by atoms with Crippen molar-refractivity contribution in [2.45, 2.75) is 230 Å². The van der Waals surface area contributed by atoms with Crippen LogP contribution in [0.1, 0.15) is 246 Å². The van der Waals surface area contributed by atoms with Gasteiger partial charge in [-0.1, -0.05) is 311 Å². The molecule has 0 spiro atoms. The van der Waals surface area contributed by atoms with Gasteiger partial charge >= 0.3 is 23.9 Å². The molecule has 0 radical (unpaired) electrons. The first kappa shape index (κ1) is 88.0. The lowest BCUT2D eigenvalue weighted by molar-refractivity contribution is -0.164. The number of carbonyl (C=O) groups excluding carboxylic acids is 8. The molecule has 0 N–H and O–H groups in total. The molecule has 0 aliphatic rings. The highest BCUT2D eigenvalue weighted by molar-refractivity contribution is 6.40. The Kier molecular flexibility index (Phi) is 29.8. The molecular weight excluding hydrogens is 1330 g/mol. The van der Waals surface area contributed by atoms with Gasteiger partial charge in [0.05, 0.1) is 10.8 Å². The van der Waals surface area contributed by atoms with Crippen LogP contribution < -0.4 is 9.47 Å². The standard InChI is InChI=1S/C26H34O3.C25H24O3.C24H38O3.C20H22O3/c1-17-20(24(2,3)4)15-19(16-21(17)25(5,6)7)29-23(28)22(27)26(8,9)18-13-11-10-12-14-18;1-24(2,3)28-23(27)22(26)25(19-13-7-4-8-14-19,20-15-9-5-10-16-20)21-17-11-6-12-18-21;1-14(2)19-12-11-13-20(15(3)4)21(19)27-23(26)22(25)24(16(5)6,17(7)8)18(9)10;1-19(2,3)23-18(22)17(21)20(4,15-11-7-5-8-12-15)16-13-9-6-10-14-16/h10-16H,1-9H3;4-18H,1-3H3;11-18H,1-10H3;5-14H,1-4H3. The van der Waals surface area contributed by atoms with Crippen LogP contribution in [0.15, 0.2) is 212 Å². The van der Waals surface area contributed by atoms with Crippen LogP contribution in [0.2, 0.25) is 0 Å². The van der Waals surface area contributed by atoms with Crippen molar-refractivity contribution >= 4 is 47.0 Å². The number of benzene rings is 8. The highest BCUT2D eigenvalue weighted by Gasteiger charge is 2.52. The Hall–Kier alpha value is -9.68. The van der Waals surface area contributed by atoms with Gasteiger partial charge in [0.2, 0.25) is 11.6 Å². The normalized spacial score (nSPS) is 12.2. The van der Waals surface area contributed by atoms with E-state index >= 15 is 0 Å². The molecule has 0 fully saturated rings. The van der Waals surface area contributed by atoms with E-state index in [9.17, 15) is 38.4 Å². The molecule has 0 aromatic heterocycles. The number of ether oxygens (including phenoxy) is 4. The summed E-state index contributed by atoms with van der Waals surface area (Å²) in [5, 5.41) is 0. The van der Waals surface area contributed by atoms with Crippen LogP contribution in [0, 0.1) is 30.1 Å². The van der Waals surface area contributed by atoms with E-state index in [2.05, 4.69) is 76.2 Å². The average molecular weight is 1450 g/mol. The summed E-state index contributed by atoms with van der Waals surface area (Å²) in [6.45, 7) is 51.1. The van der Waals surface area contributed by atoms with Gasteiger partial charge in [0.1, 0.15) is 28.1 Å². The fourth-order valence-electron chi connectivity index (χ4n) is 14.3. The van der Waals surface area contributed by atoms with Crippen molar-refractivity contribution in [3.05, 3.63) is 274 Å². The summed E-state index contributed by atoms with van der Waals surface area (Å²) in [6, 6.07) is 65.9. The van der Waals surface area contributed by atoms with E-state index in [0.29, 0.717) is 11.5 Å². The van der Waals surface area contributed by atoms with E-state index < -0.39 is 79.9 Å². The molecular formula is C95H118O12. The summed E-state index contributed by atoms with van der Waals surface area (Å²) >= 11 is 0. The van der Waals surface area contributed by atoms with Crippen LogP contribution >= 0.6 is 0 Å². The van der Waals surface area contributed by atoms with Gasteiger partial charge in [0, 0.05) is 5.41 Å². The van der Waals surface area contributed by atoms with Crippen molar-refractivity contribution in [2.75, 3.05) is 0 Å². The second kappa shape index (κ2) is 36.3. The number of rotatable bonds is 21. The van der Waals surface area contributed by atoms with Gasteiger partial charge in [-0.3, -0.25) is 19.2 Å². The molecule has 0 saturated carbocycles. The molecule has 0 unspecified atom stereocenters. The van der Waals surface area contributed by atoms with Gasteiger partial charge in [-0.05, 0) is 183 Å². The van der Waals surface area contributed by atoms with Crippen molar-refractivity contribution in [1.29, 1.82) is 0 Å². The second-order valence-electron chi connectivity index (χ2n) is 33.9. The molecule has 570 valence electrons. The van der Waals surface area contributed by atoms with Crippen LogP contribution in [0.4, 0.5) is 0 Å². The van der Waals surface area contributed by atoms with Gasteiger partial charge in [-0.15, -0.1) is 0 Å². The van der Waals surface area contributed by atoms with Gasteiger partial charge in [0.25, 0.3) is 11.6 Å². The molecule has 12 nitrogen and oxygen atoms in total. The Morgan fingerprint density at radius 3 is 0.888 bits per heavy atom. The van der Waals surface area contributed by atoms with Crippen molar-refractivity contribution < 1.29 is 57.3 Å². The van der Waals surface area contributed by atoms with Crippen molar-refractivity contribution in [3.8, 4) is 11.5 Å². The maximum atomic E-state index is 13.8. The minimum atomic E-state index is -1.29. The number of ketones is 4. The van der Waals surface area contributed by atoms with E-state index in [1.165, 1.54) is 5.56 Å². The third-order valence-electron chi connectivity index (χ3n) is 19.7. The zero-order chi connectivity index (χ0) is 80.6. The Bertz CT molecular complexity index is 4090. The molecule has 0 atom stereocenters. The van der Waals surface area contributed by atoms with Crippen LogP contribution in [0.3, 0.4) is 0 Å². The molecule has 0 aliphatic carbocycles. The second-order valence-corrected chi connectivity index (χ2v) is 33.9. The minimum absolute atomic E-state index is 0.0439. The molecule has 0 amide bonds. The maximum Gasteiger partial charge on any atom is 0.380 e. The topological polar surface area (TPSA) is 173 Å². The molecule has 12 heteroatoms. The lowest BCUT2D eigenvalue weighted by Crippen LogP contribution is -2.50. The molecule has 0 aliphatic heterocycles. The first-order valence-electron chi connectivity index (χ1n) is 37.3. The van der Waals surface area contributed by atoms with Crippen molar-refractivity contribution in [3.63, 3.8) is 0 Å².